The molecule has 7 heteroatoms. The Morgan fingerprint density at radius 2 is 1.83 bits per heavy atom. The van der Waals surface area contributed by atoms with Gasteiger partial charge in [-0.2, -0.15) is 10.1 Å². The summed E-state index contributed by atoms with van der Waals surface area (Å²) in [5.41, 5.74) is 0.843. The zero-order valence-corrected chi connectivity index (χ0v) is 13.5. The first-order chi connectivity index (χ1) is 11.9. The Morgan fingerprint density at radius 3 is 2.71 bits per heavy atom. The first-order valence-electron chi connectivity index (χ1n) is 8.50. The average Bonchev–Trinajstić information content (AvgIpc) is 2.63. The van der Waals surface area contributed by atoms with E-state index in [1.165, 1.54) is 32.1 Å². The minimum atomic E-state index is 0.465. The van der Waals surface area contributed by atoms with Gasteiger partial charge in [-0.25, -0.2) is 0 Å². The van der Waals surface area contributed by atoms with E-state index in [4.69, 9.17) is 9.47 Å². The van der Waals surface area contributed by atoms with Crippen LogP contribution in [0.3, 0.4) is 0 Å². The Bertz CT molecular complexity index is 703. The van der Waals surface area contributed by atoms with Crippen molar-refractivity contribution in [2.75, 3.05) is 23.8 Å². The van der Waals surface area contributed by atoms with Crippen LogP contribution >= 0.6 is 0 Å². The molecule has 1 aromatic heterocycles. The van der Waals surface area contributed by atoms with Gasteiger partial charge < -0.3 is 20.1 Å². The molecule has 0 saturated heterocycles. The lowest BCUT2D eigenvalue weighted by Crippen LogP contribution is -2.23. The van der Waals surface area contributed by atoms with Gasteiger partial charge in [-0.05, 0) is 25.0 Å². The molecule has 1 aliphatic carbocycles. The summed E-state index contributed by atoms with van der Waals surface area (Å²) in [6.45, 7) is 1.15. The van der Waals surface area contributed by atoms with Crippen LogP contribution in [0, 0.1) is 0 Å². The highest BCUT2D eigenvalue weighted by molar-refractivity contribution is 5.60. The molecule has 0 atom stereocenters. The zero-order valence-electron chi connectivity index (χ0n) is 13.5. The van der Waals surface area contributed by atoms with Gasteiger partial charge in [-0.15, -0.1) is 5.10 Å². The highest BCUT2D eigenvalue weighted by Gasteiger charge is 2.15. The molecular formula is C17H21N5O2. The molecule has 2 aliphatic rings. The van der Waals surface area contributed by atoms with Crippen LogP contribution < -0.4 is 20.1 Å². The number of anilines is 3. The van der Waals surface area contributed by atoms with Crippen LogP contribution in [0.1, 0.15) is 32.1 Å². The SMILES string of the molecule is c1cc2c(cc1Nc1nncc(NC3CCCCC3)n1)OCCO2. The average molecular weight is 327 g/mol. The Morgan fingerprint density at radius 1 is 1.00 bits per heavy atom. The van der Waals surface area contributed by atoms with E-state index in [2.05, 4.69) is 25.8 Å². The number of nitrogens with zero attached hydrogens (tertiary/aromatic N) is 3. The largest absolute Gasteiger partial charge is 0.486 e. The van der Waals surface area contributed by atoms with Crippen LogP contribution in [-0.2, 0) is 0 Å². The molecule has 1 aromatic carbocycles. The molecule has 7 nitrogen and oxygen atoms in total. The molecule has 4 rings (SSSR count). The monoisotopic (exact) mass is 327 g/mol. The van der Waals surface area contributed by atoms with Crippen LogP contribution in [0.5, 0.6) is 11.5 Å². The number of fused-ring (bicyclic) bond motifs is 1. The van der Waals surface area contributed by atoms with E-state index < -0.39 is 0 Å². The number of benzene rings is 1. The Labute approximate surface area is 140 Å². The molecule has 0 radical (unpaired) electrons. The van der Waals surface area contributed by atoms with Gasteiger partial charge >= 0.3 is 0 Å². The summed E-state index contributed by atoms with van der Waals surface area (Å²) in [5, 5.41) is 14.7. The summed E-state index contributed by atoms with van der Waals surface area (Å²) in [6.07, 6.45) is 7.93. The van der Waals surface area contributed by atoms with Crippen molar-refractivity contribution in [3.63, 3.8) is 0 Å². The third-order valence-corrected chi connectivity index (χ3v) is 4.31. The van der Waals surface area contributed by atoms with Gasteiger partial charge in [-0.3, -0.25) is 0 Å². The number of nitrogens with one attached hydrogen (secondary N) is 2. The normalized spacial score (nSPS) is 17.3. The second-order valence-electron chi connectivity index (χ2n) is 6.13. The molecule has 0 unspecified atom stereocenters. The molecule has 1 saturated carbocycles. The molecule has 126 valence electrons. The predicted octanol–water partition coefficient (Wildman–Crippen LogP) is 3.13. The van der Waals surface area contributed by atoms with Gasteiger partial charge in [0.25, 0.3) is 0 Å². The molecule has 0 bridgehead atoms. The molecule has 1 fully saturated rings. The zero-order chi connectivity index (χ0) is 16.2. The lowest BCUT2D eigenvalue weighted by atomic mass is 9.96. The van der Waals surface area contributed by atoms with E-state index in [1.807, 2.05) is 18.2 Å². The molecule has 0 amide bonds. The molecule has 1 aliphatic heterocycles. The van der Waals surface area contributed by atoms with Gasteiger partial charge in [0.05, 0.1) is 6.20 Å². The summed E-state index contributed by atoms with van der Waals surface area (Å²) in [6, 6.07) is 6.17. The van der Waals surface area contributed by atoms with E-state index in [0.717, 1.165) is 23.0 Å². The van der Waals surface area contributed by atoms with E-state index in [0.29, 0.717) is 25.2 Å². The minimum Gasteiger partial charge on any atom is -0.486 e. The first kappa shape index (κ1) is 15.0. The van der Waals surface area contributed by atoms with Crippen molar-refractivity contribution in [2.45, 2.75) is 38.1 Å². The summed E-state index contributed by atoms with van der Waals surface area (Å²) >= 11 is 0. The van der Waals surface area contributed by atoms with Crippen molar-refractivity contribution in [3.8, 4) is 11.5 Å². The summed E-state index contributed by atoms with van der Waals surface area (Å²) < 4.78 is 11.1. The van der Waals surface area contributed by atoms with E-state index >= 15 is 0 Å². The third kappa shape index (κ3) is 3.50. The molecule has 0 spiro atoms. The van der Waals surface area contributed by atoms with Crippen LogP contribution in [0.15, 0.2) is 24.4 Å². The van der Waals surface area contributed by atoms with Gasteiger partial charge in [0, 0.05) is 17.8 Å². The summed E-state index contributed by atoms with van der Waals surface area (Å²) in [4.78, 5) is 4.51. The number of rotatable bonds is 4. The Balaban J connectivity index is 1.45. The number of aromatic nitrogens is 3. The van der Waals surface area contributed by atoms with Gasteiger partial charge in [0.15, 0.2) is 17.3 Å². The Kier molecular flexibility index (Phi) is 4.31. The quantitative estimate of drug-likeness (QED) is 0.893. The van der Waals surface area contributed by atoms with Gasteiger partial charge in [0.1, 0.15) is 13.2 Å². The minimum absolute atomic E-state index is 0.465. The summed E-state index contributed by atoms with van der Waals surface area (Å²) in [5.74, 6) is 2.72. The van der Waals surface area contributed by atoms with Crippen LogP contribution in [0.25, 0.3) is 0 Å². The molecule has 2 aromatic rings. The van der Waals surface area contributed by atoms with Crippen molar-refractivity contribution >= 4 is 17.5 Å². The highest BCUT2D eigenvalue weighted by Crippen LogP contribution is 2.33. The van der Waals surface area contributed by atoms with E-state index in [1.54, 1.807) is 6.20 Å². The van der Waals surface area contributed by atoms with E-state index in [9.17, 15) is 0 Å². The Hall–Kier alpha value is -2.57. The lowest BCUT2D eigenvalue weighted by Gasteiger charge is -2.23. The second-order valence-corrected chi connectivity index (χ2v) is 6.13. The predicted molar refractivity (Wildman–Crippen MR) is 91.0 cm³/mol. The molecule has 2 N–H and O–H groups in total. The first-order valence-corrected chi connectivity index (χ1v) is 8.50. The van der Waals surface area contributed by atoms with Crippen LogP contribution in [0.4, 0.5) is 17.5 Å². The third-order valence-electron chi connectivity index (χ3n) is 4.31. The van der Waals surface area contributed by atoms with Gasteiger partial charge in [0.2, 0.25) is 5.95 Å². The van der Waals surface area contributed by atoms with Crippen molar-refractivity contribution in [1.82, 2.24) is 15.2 Å². The number of ether oxygens (including phenoxy) is 2. The fourth-order valence-corrected chi connectivity index (χ4v) is 3.13. The fourth-order valence-electron chi connectivity index (χ4n) is 3.13. The lowest BCUT2D eigenvalue weighted by molar-refractivity contribution is 0.171. The molecule has 2 heterocycles. The maximum absolute atomic E-state index is 5.59. The van der Waals surface area contributed by atoms with Crippen molar-refractivity contribution < 1.29 is 9.47 Å². The van der Waals surface area contributed by atoms with Crippen LogP contribution in [-0.4, -0.2) is 34.4 Å². The maximum atomic E-state index is 5.59. The van der Waals surface area contributed by atoms with Crippen molar-refractivity contribution in [3.05, 3.63) is 24.4 Å². The van der Waals surface area contributed by atoms with Crippen LogP contribution in [0.2, 0.25) is 0 Å². The maximum Gasteiger partial charge on any atom is 0.249 e. The summed E-state index contributed by atoms with van der Waals surface area (Å²) in [7, 11) is 0. The second kappa shape index (κ2) is 6.90. The number of hydrogen-bond acceptors (Lipinski definition) is 7. The smallest absolute Gasteiger partial charge is 0.249 e. The van der Waals surface area contributed by atoms with Crippen molar-refractivity contribution in [1.29, 1.82) is 0 Å². The topological polar surface area (TPSA) is 81.2 Å². The standard InChI is InChI=1S/C17H21N5O2/c1-2-4-12(5-3-1)19-16-11-18-22-17(21-16)20-13-6-7-14-15(10-13)24-9-8-23-14/h6-7,10-12H,1-5,8-9H2,(H2,19,20,21,22). The van der Waals surface area contributed by atoms with E-state index in [-0.39, 0.29) is 0 Å². The number of hydrogen-bond donors (Lipinski definition) is 2. The highest BCUT2D eigenvalue weighted by atomic mass is 16.6. The fraction of sp³-hybridized carbons (Fsp3) is 0.471. The molecular weight excluding hydrogens is 306 g/mol. The van der Waals surface area contributed by atoms with Crippen molar-refractivity contribution in [2.24, 2.45) is 0 Å². The molecule has 24 heavy (non-hydrogen) atoms. The van der Waals surface area contributed by atoms with Gasteiger partial charge in [-0.1, -0.05) is 19.3 Å².